The highest BCUT2D eigenvalue weighted by atomic mass is 32.2. The summed E-state index contributed by atoms with van der Waals surface area (Å²) in [6.07, 6.45) is 0. The Balaban J connectivity index is 2.62. The van der Waals surface area contributed by atoms with Gasteiger partial charge in [-0.1, -0.05) is 19.6 Å². The van der Waals surface area contributed by atoms with Crippen molar-refractivity contribution in [1.29, 1.82) is 0 Å². The van der Waals surface area contributed by atoms with E-state index in [0.717, 1.165) is 12.5 Å². The Morgan fingerprint density at radius 3 is 2.38 bits per heavy atom. The fraction of sp³-hybridized carbons (Fsp3) is 0.364. The minimum Gasteiger partial charge on any atom is -0.376 e. The maximum atomic E-state index is 12.5. The summed E-state index contributed by atoms with van der Waals surface area (Å²) in [5.74, 6) is -0.385. The first-order valence-corrected chi connectivity index (χ1v) is 10.7. The first-order chi connectivity index (χ1) is 9.42. The van der Waals surface area contributed by atoms with Crippen LogP contribution in [-0.4, -0.2) is 22.0 Å². The van der Waals surface area contributed by atoms with E-state index in [-0.39, 0.29) is 11.3 Å². The van der Waals surface area contributed by atoms with Crippen molar-refractivity contribution >= 4 is 34.5 Å². The molecule has 10 heteroatoms. The van der Waals surface area contributed by atoms with E-state index in [1.807, 2.05) is 19.6 Å². The Hall–Kier alpha value is -1.55. The molecule has 1 aromatic carbocycles. The summed E-state index contributed by atoms with van der Waals surface area (Å²) in [7, 11) is -7.92. The molecule has 116 valence electrons. The van der Waals surface area contributed by atoms with Gasteiger partial charge in [0, 0.05) is 6.07 Å². The second kappa shape index (κ2) is 4.73. The maximum absolute atomic E-state index is 12.5. The van der Waals surface area contributed by atoms with Crippen LogP contribution in [0.15, 0.2) is 27.4 Å². The lowest BCUT2D eigenvalue weighted by Gasteiger charge is -2.19. The Morgan fingerprint density at radius 1 is 1.24 bits per heavy atom. The van der Waals surface area contributed by atoms with Gasteiger partial charge >= 0.3 is 33.3 Å². The normalized spacial score (nSPS) is 13.6. The molecular weight excluding hydrogens is 329 g/mol. The number of rotatable bonds is 3. The zero-order valence-electron chi connectivity index (χ0n) is 11.3. The van der Waals surface area contributed by atoms with Crippen molar-refractivity contribution in [2.24, 2.45) is 0 Å². The molecule has 0 aliphatic heterocycles. The predicted octanol–water partition coefficient (Wildman–Crippen LogP) is 3.08. The largest absolute Gasteiger partial charge is 0.534 e. The lowest BCUT2D eigenvalue weighted by Crippen LogP contribution is -2.40. The molecule has 0 aliphatic carbocycles. The third-order valence-electron chi connectivity index (χ3n) is 2.69. The molecule has 0 unspecified atom stereocenters. The van der Waals surface area contributed by atoms with Crippen LogP contribution in [0.1, 0.15) is 0 Å². The molecule has 2 aromatic rings. The topological polar surface area (TPSA) is 67.8 Å². The summed E-state index contributed by atoms with van der Waals surface area (Å²) in [5.41, 5.74) is -5.08. The van der Waals surface area contributed by atoms with Crippen LogP contribution in [0.25, 0.3) is 11.2 Å². The van der Waals surface area contributed by atoms with Gasteiger partial charge in [-0.2, -0.15) is 21.6 Å². The van der Waals surface area contributed by atoms with Gasteiger partial charge in [0.25, 0.3) is 0 Å². The molecule has 0 spiro atoms. The van der Waals surface area contributed by atoms with Crippen molar-refractivity contribution in [3.05, 3.63) is 18.6 Å². The summed E-state index contributed by atoms with van der Waals surface area (Å²) in [6, 6.07) is 2.54. The van der Waals surface area contributed by atoms with E-state index >= 15 is 0 Å². The van der Waals surface area contributed by atoms with E-state index in [1.165, 1.54) is 6.07 Å². The van der Waals surface area contributed by atoms with Crippen LogP contribution in [0.2, 0.25) is 19.6 Å². The van der Waals surface area contributed by atoms with Crippen LogP contribution in [0.5, 0.6) is 5.75 Å². The molecule has 2 rings (SSSR count). The van der Waals surface area contributed by atoms with Crippen molar-refractivity contribution in [3.63, 3.8) is 0 Å². The average Bonchev–Trinajstić information content (AvgIpc) is 2.71. The highest BCUT2D eigenvalue weighted by Crippen LogP contribution is 2.29. The van der Waals surface area contributed by atoms with Crippen molar-refractivity contribution in [2.75, 3.05) is 0 Å². The molecule has 1 aromatic heterocycles. The van der Waals surface area contributed by atoms with Crippen LogP contribution in [0, 0.1) is 0 Å². The van der Waals surface area contributed by atoms with E-state index in [2.05, 4.69) is 4.18 Å². The van der Waals surface area contributed by atoms with Crippen LogP contribution >= 0.6 is 0 Å². The Kier molecular flexibility index (Phi) is 3.57. The quantitative estimate of drug-likeness (QED) is 0.371. The smallest absolute Gasteiger partial charge is 0.376 e. The molecule has 1 heterocycles. The summed E-state index contributed by atoms with van der Waals surface area (Å²) in [6.45, 7) is 6.50. The van der Waals surface area contributed by atoms with Gasteiger partial charge in [0.05, 0.1) is 14.1 Å². The number of alkyl halides is 3. The van der Waals surface area contributed by atoms with Gasteiger partial charge in [-0.05, 0) is 5.19 Å². The molecule has 21 heavy (non-hydrogen) atoms. The fourth-order valence-corrected chi connectivity index (χ4v) is 3.64. The summed E-state index contributed by atoms with van der Waals surface area (Å²) in [4.78, 5) is 0. The third kappa shape index (κ3) is 3.05. The second-order valence-corrected chi connectivity index (χ2v) is 11.9. The summed E-state index contributed by atoms with van der Waals surface area (Å²) in [5, 5.41) is 0.382. The second-order valence-electron chi connectivity index (χ2n) is 5.36. The number of fused-ring (bicyclic) bond motifs is 1. The lowest BCUT2D eigenvalue weighted by atomic mass is 10.3. The predicted molar refractivity (Wildman–Crippen MR) is 71.5 cm³/mol. The molecular formula is C11H12F3O5SSi+. The molecule has 0 atom stereocenters. The molecule has 0 aliphatic rings. The summed E-state index contributed by atoms with van der Waals surface area (Å²) >= 11 is 0. The molecule has 0 N–H and O–H groups in total. The minimum absolute atomic E-state index is 0.101. The molecule has 0 fully saturated rings. The van der Waals surface area contributed by atoms with Gasteiger partial charge in [-0.25, -0.2) is 0 Å². The van der Waals surface area contributed by atoms with Crippen LogP contribution in [-0.2, 0) is 10.1 Å². The zero-order valence-corrected chi connectivity index (χ0v) is 13.1. The standard InChI is InChI=1S/C11H12F3O5SSi/c1-21(2,3)10-5-8-7(17-6-18-8)4-9(10)19-20(15,16)11(12,13)14/h4-6H,1-3H3/q+1. The number of hydrogen-bond acceptors (Lipinski definition) is 4. The fourth-order valence-electron chi connectivity index (χ4n) is 1.67. The third-order valence-corrected chi connectivity index (χ3v) is 5.66. The minimum atomic E-state index is -5.74. The van der Waals surface area contributed by atoms with E-state index in [4.69, 9.17) is 8.83 Å². The van der Waals surface area contributed by atoms with Crippen molar-refractivity contribution in [3.8, 4) is 5.75 Å². The van der Waals surface area contributed by atoms with Gasteiger partial charge < -0.3 is 4.18 Å². The molecule has 0 bridgehead atoms. The summed E-state index contributed by atoms with van der Waals surface area (Å²) < 4.78 is 74.0. The first kappa shape index (κ1) is 15.8. The number of hydrogen-bond donors (Lipinski definition) is 0. The van der Waals surface area contributed by atoms with Gasteiger partial charge in [0.15, 0.2) is 0 Å². The van der Waals surface area contributed by atoms with Crippen LogP contribution in [0.4, 0.5) is 13.2 Å². The highest BCUT2D eigenvalue weighted by Gasteiger charge is 2.49. The first-order valence-electron chi connectivity index (χ1n) is 5.76. The molecule has 5 nitrogen and oxygen atoms in total. The molecule has 0 saturated carbocycles. The molecule has 0 amide bonds. The van der Waals surface area contributed by atoms with Gasteiger partial charge in [-0.3, -0.25) is 8.83 Å². The van der Waals surface area contributed by atoms with E-state index in [9.17, 15) is 21.6 Å². The van der Waals surface area contributed by atoms with Gasteiger partial charge in [-0.15, -0.1) is 0 Å². The average molecular weight is 341 g/mol. The zero-order chi connectivity index (χ0) is 16.1. The maximum Gasteiger partial charge on any atom is 0.534 e. The number of halogens is 3. The van der Waals surface area contributed by atoms with Crippen molar-refractivity contribution in [1.82, 2.24) is 0 Å². The van der Waals surface area contributed by atoms with E-state index < -0.39 is 23.7 Å². The van der Waals surface area contributed by atoms with E-state index in [0.29, 0.717) is 10.8 Å². The Labute approximate surface area is 119 Å². The number of benzene rings is 1. The lowest BCUT2D eigenvalue weighted by molar-refractivity contribution is -0.0499. The molecule has 0 saturated heterocycles. The van der Waals surface area contributed by atoms with Crippen molar-refractivity contribution in [2.45, 2.75) is 25.1 Å². The Bertz CT molecular complexity index is 773. The van der Waals surface area contributed by atoms with E-state index in [1.54, 1.807) is 0 Å². The van der Waals surface area contributed by atoms with Crippen LogP contribution in [0.3, 0.4) is 0 Å². The van der Waals surface area contributed by atoms with Gasteiger partial charge in [0.1, 0.15) is 5.75 Å². The SMILES string of the molecule is C[Si](C)(C)c1cc2oc[o+]c2cc1OS(=O)(=O)C(F)(F)F. The monoisotopic (exact) mass is 341 g/mol. The van der Waals surface area contributed by atoms with Crippen molar-refractivity contribution < 1.29 is 34.6 Å². The van der Waals surface area contributed by atoms with Crippen LogP contribution < -0.4 is 9.37 Å². The highest BCUT2D eigenvalue weighted by molar-refractivity contribution is 7.88. The van der Waals surface area contributed by atoms with Gasteiger partial charge in [0.2, 0.25) is 0 Å². The molecule has 0 radical (unpaired) electrons. The Morgan fingerprint density at radius 2 is 1.86 bits per heavy atom.